The van der Waals surface area contributed by atoms with E-state index in [1.807, 2.05) is 20.8 Å². The van der Waals surface area contributed by atoms with Gasteiger partial charge in [0, 0.05) is 17.0 Å². The van der Waals surface area contributed by atoms with Crippen molar-refractivity contribution in [3.8, 4) is 0 Å². The molecule has 0 aliphatic heterocycles. The van der Waals surface area contributed by atoms with Crippen LogP contribution in [0.2, 0.25) is 5.02 Å². The average Bonchev–Trinajstić information content (AvgIpc) is 3.16. The van der Waals surface area contributed by atoms with E-state index in [0.717, 1.165) is 23.9 Å². The minimum absolute atomic E-state index is 0.150. The molecule has 2 aromatic rings. The highest BCUT2D eigenvalue weighted by Gasteiger charge is 2.30. The summed E-state index contributed by atoms with van der Waals surface area (Å²) in [6, 6.07) is 3.28. The van der Waals surface area contributed by atoms with Crippen LogP contribution in [0.4, 0.5) is 10.5 Å². The topological polar surface area (TPSA) is 81.4 Å². The minimum Gasteiger partial charge on any atom is -0.376 e. The lowest BCUT2D eigenvalue weighted by Crippen LogP contribution is -2.22. The van der Waals surface area contributed by atoms with Gasteiger partial charge in [0.25, 0.3) is 0 Å². The number of rotatable bonds is 3. The fourth-order valence-electron chi connectivity index (χ4n) is 2.46. The first-order chi connectivity index (χ1) is 11.2. The van der Waals surface area contributed by atoms with E-state index in [0.29, 0.717) is 22.2 Å². The molecule has 3 rings (SSSR count). The summed E-state index contributed by atoms with van der Waals surface area (Å²) >= 11 is 6.18. The summed E-state index contributed by atoms with van der Waals surface area (Å²) in [5.74, 6) is -0.186. The van der Waals surface area contributed by atoms with Gasteiger partial charge in [-0.3, -0.25) is 10.1 Å². The van der Waals surface area contributed by atoms with E-state index in [4.69, 9.17) is 20.9 Å². The number of carbonyl (C=O) groups is 2. The number of fused-ring (bicyclic) bond motifs is 1. The van der Waals surface area contributed by atoms with Crippen molar-refractivity contribution in [1.82, 2.24) is 5.16 Å². The maximum Gasteiger partial charge on any atom is 0.419 e. The Bertz CT molecular complexity index is 803. The molecule has 1 fully saturated rings. The van der Waals surface area contributed by atoms with Crippen molar-refractivity contribution >= 4 is 40.3 Å². The molecule has 0 atom stereocenters. The lowest BCUT2D eigenvalue weighted by Gasteiger charge is -2.16. The summed E-state index contributed by atoms with van der Waals surface area (Å²) in [5, 5.41) is 7.73. The van der Waals surface area contributed by atoms with Crippen molar-refractivity contribution in [1.29, 1.82) is 0 Å². The maximum atomic E-state index is 11.9. The third kappa shape index (κ3) is 3.87. The van der Waals surface area contributed by atoms with Crippen LogP contribution in [0.1, 0.15) is 51.6 Å². The summed E-state index contributed by atoms with van der Waals surface area (Å²) in [4.78, 5) is 23.6. The molecule has 1 saturated carbocycles. The highest BCUT2D eigenvalue weighted by molar-refractivity contribution is 6.35. The Morgan fingerprint density at radius 2 is 2.08 bits per heavy atom. The van der Waals surface area contributed by atoms with Crippen molar-refractivity contribution < 1.29 is 18.8 Å². The molecule has 1 heterocycles. The second-order valence-corrected chi connectivity index (χ2v) is 7.71. The highest BCUT2D eigenvalue weighted by atomic mass is 35.5. The molecule has 1 N–H and O–H groups in total. The number of aromatic nitrogens is 1. The molecule has 0 bridgehead atoms. The largest absolute Gasteiger partial charge is 0.419 e. The standard InChI is InChI=1S/C17H19ClN2O4/c1-17(2,3)8-13(21)23-16(22)19-10-6-11-14(9-4-5-9)20-24-15(11)12(18)7-10/h6-7,9H,4-5,8H2,1-3H3,(H,19,22). The number of halogens is 1. The third-order valence-corrected chi connectivity index (χ3v) is 3.93. The van der Waals surface area contributed by atoms with Gasteiger partial charge in [0.1, 0.15) is 0 Å². The van der Waals surface area contributed by atoms with Crippen molar-refractivity contribution in [2.75, 3.05) is 5.32 Å². The van der Waals surface area contributed by atoms with E-state index in [2.05, 4.69) is 10.5 Å². The van der Waals surface area contributed by atoms with Gasteiger partial charge in [-0.25, -0.2) is 4.79 Å². The summed E-state index contributed by atoms with van der Waals surface area (Å²) in [5.41, 5.74) is 1.54. The number of amides is 1. The quantitative estimate of drug-likeness (QED) is 0.630. The molecule has 128 valence electrons. The molecule has 0 spiro atoms. The zero-order valence-corrected chi connectivity index (χ0v) is 14.6. The molecule has 0 radical (unpaired) electrons. The molecule has 1 aliphatic rings. The number of hydrogen-bond acceptors (Lipinski definition) is 5. The first-order valence-electron chi connectivity index (χ1n) is 7.83. The molecule has 1 aromatic heterocycles. The smallest absolute Gasteiger partial charge is 0.376 e. The number of ether oxygens (including phenoxy) is 1. The summed E-state index contributed by atoms with van der Waals surface area (Å²) in [6.07, 6.45) is 1.46. The van der Waals surface area contributed by atoms with Gasteiger partial charge in [-0.05, 0) is 30.4 Å². The van der Waals surface area contributed by atoms with Crippen molar-refractivity contribution in [3.05, 3.63) is 22.8 Å². The summed E-state index contributed by atoms with van der Waals surface area (Å²) < 4.78 is 10.1. The Balaban J connectivity index is 1.74. The van der Waals surface area contributed by atoms with Gasteiger partial charge >= 0.3 is 12.1 Å². The lowest BCUT2D eigenvalue weighted by atomic mass is 9.93. The molecule has 1 amide bonds. The maximum absolute atomic E-state index is 11.9. The average molecular weight is 351 g/mol. The van der Waals surface area contributed by atoms with Crippen molar-refractivity contribution in [2.24, 2.45) is 5.41 Å². The Morgan fingerprint density at radius 3 is 2.71 bits per heavy atom. The Morgan fingerprint density at radius 1 is 1.38 bits per heavy atom. The molecule has 24 heavy (non-hydrogen) atoms. The van der Waals surface area contributed by atoms with Gasteiger partial charge in [-0.1, -0.05) is 37.5 Å². The molecular weight excluding hydrogens is 332 g/mol. The van der Waals surface area contributed by atoms with Crippen molar-refractivity contribution in [3.63, 3.8) is 0 Å². The summed E-state index contributed by atoms with van der Waals surface area (Å²) in [6.45, 7) is 5.68. The number of nitrogens with zero attached hydrogens (tertiary/aromatic N) is 1. The van der Waals surface area contributed by atoms with E-state index >= 15 is 0 Å². The van der Waals surface area contributed by atoms with Crippen LogP contribution in [0, 0.1) is 5.41 Å². The molecular formula is C17H19ClN2O4. The van der Waals surface area contributed by atoms with Crippen LogP contribution in [0.25, 0.3) is 11.0 Å². The Labute approximate surface area is 144 Å². The molecule has 1 aromatic carbocycles. The molecule has 0 unspecified atom stereocenters. The SMILES string of the molecule is CC(C)(C)CC(=O)OC(=O)Nc1cc(Cl)c2onc(C3CC3)c2c1. The number of nitrogens with one attached hydrogen (secondary N) is 1. The second kappa shape index (κ2) is 6.09. The van der Waals surface area contributed by atoms with Crippen LogP contribution in [-0.4, -0.2) is 17.2 Å². The fourth-order valence-corrected chi connectivity index (χ4v) is 2.71. The zero-order chi connectivity index (χ0) is 17.5. The Kier molecular flexibility index (Phi) is 4.25. The minimum atomic E-state index is -0.830. The van der Waals surface area contributed by atoms with E-state index in [9.17, 15) is 9.59 Å². The van der Waals surface area contributed by atoms with Gasteiger partial charge in [-0.2, -0.15) is 0 Å². The number of benzene rings is 1. The van der Waals surface area contributed by atoms with Crippen LogP contribution in [0.3, 0.4) is 0 Å². The molecule has 1 aliphatic carbocycles. The Hall–Kier alpha value is -2.08. The second-order valence-electron chi connectivity index (χ2n) is 7.30. The highest BCUT2D eigenvalue weighted by Crippen LogP contribution is 2.44. The molecule has 0 saturated heterocycles. The number of anilines is 1. The van der Waals surface area contributed by atoms with Gasteiger partial charge < -0.3 is 9.26 Å². The molecule has 6 nitrogen and oxygen atoms in total. The lowest BCUT2D eigenvalue weighted by molar-refractivity contribution is -0.138. The van der Waals surface area contributed by atoms with E-state index < -0.39 is 12.1 Å². The van der Waals surface area contributed by atoms with E-state index in [1.165, 1.54) is 0 Å². The van der Waals surface area contributed by atoms with Crippen LogP contribution in [0.15, 0.2) is 16.7 Å². The van der Waals surface area contributed by atoms with Crippen LogP contribution in [-0.2, 0) is 9.53 Å². The normalized spacial score (nSPS) is 14.7. The van der Waals surface area contributed by atoms with Crippen LogP contribution >= 0.6 is 11.6 Å². The number of carbonyl (C=O) groups excluding carboxylic acids is 2. The zero-order valence-electron chi connectivity index (χ0n) is 13.8. The van der Waals surface area contributed by atoms with Crippen molar-refractivity contribution in [2.45, 2.75) is 46.0 Å². The first-order valence-corrected chi connectivity index (χ1v) is 8.21. The molecule has 7 heteroatoms. The van der Waals surface area contributed by atoms with Gasteiger partial charge in [0.05, 0.1) is 17.1 Å². The third-order valence-electron chi connectivity index (χ3n) is 3.65. The number of hydrogen-bond donors (Lipinski definition) is 1. The van der Waals surface area contributed by atoms with Gasteiger partial charge in [-0.15, -0.1) is 0 Å². The monoisotopic (exact) mass is 350 g/mol. The van der Waals surface area contributed by atoms with E-state index in [1.54, 1.807) is 12.1 Å². The predicted molar refractivity (Wildman–Crippen MR) is 90.2 cm³/mol. The van der Waals surface area contributed by atoms with Crippen LogP contribution in [0.5, 0.6) is 0 Å². The fraction of sp³-hybridized carbons (Fsp3) is 0.471. The first kappa shape index (κ1) is 16.8. The summed E-state index contributed by atoms with van der Waals surface area (Å²) in [7, 11) is 0. The van der Waals surface area contributed by atoms with Gasteiger partial charge in [0.2, 0.25) is 0 Å². The van der Waals surface area contributed by atoms with Crippen LogP contribution < -0.4 is 5.32 Å². The number of esters is 1. The predicted octanol–water partition coefficient (Wildman–Crippen LogP) is 4.87. The van der Waals surface area contributed by atoms with E-state index in [-0.39, 0.29) is 11.8 Å². The van der Waals surface area contributed by atoms with Gasteiger partial charge in [0.15, 0.2) is 5.58 Å².